The summed E-state index contributed by atoms with van der Waals surface area (Å²) in [5, 5.41) is 0. The van der Waals surface area contributed by atoms with Gasteiger partial charge in [0.15, 0.2) is 0 Å². The van der Waals surface area contributed by atoms with Crippen molar-refractivity contribution < 1.29 is 4.39 Å². The summed E-state index contributed by atoms with van der Waals surface area (Å²) in [4.78, 5) is 8.11. The Hall–Kier alpha value is -1.26. The zero-order valence-electron chi connectivity index (χ0n) is 9.40. The second kappa shape index (κ2) is 4.55. The molecule has 1 aliphatic rings. The molecular formula is C13H13FN2S. The largest absolute Gasteiger partial charge is 0.294 e. The van der Waals surface area contributed by atoms with Crippen molar-refractivity contribution in [3.8, 4) is 0 Å². The van der Waals surface area contributed by atoms with Gasteiger partial charge in [-0.15, -0.1) is 11.3 Å². The van der Waals surface area contributed by atoms with Crippen LogP contribution in [0.3, 0.4) is 0 Å². The van der Waals surface area contributed by atoms with E-state index in [9.17, 15) is 4.39 Å². The van der Waals surface area contributed by atoms with E-state index in [1.54, 1.807) is 11.3 Å². The Morgan fingerprint density at radius 1 is 1.29 bits per heavy atom. The zero-order valence-corrected chi connectivity index (χ0v) is 10.2. The van der Waals surface area contributed by atoms with Gasteiger partial charge in [0.1, 0.15) is 5.82 Å². The molecule has 2 heterocycles. The Kier molecular flexibility index (Phi) is 2.91. The number of aromatic nitrogens is 1. The van der Waals surface area contributed by atoms with E-state index in [4.69, 9.17) is 0 Å². The summed E-state index contributed by atoms with van der Waals surface area (Å²) in [5.74, 6) is -0.169. The van der Waals surface area contributed by atoms with E-state index < -0.39 is 0 Å². The molecule has 17 heavy (non-hydrogen) atoms. The van der Waals surface area contributed by atoms with Gasteiger partial charge in [0.2, 0.25) is 0 Å². The third kappa shape index (κ3) is 2.37. The van der Waals surface area contributed by atoms with Crippen LogP contribution < -0.4 is 0 Å². The maximum atomic E-state index is 12.8. The third-order valence-electron chi connectivity index (χ3n) is 3.08. The van der Waals surface area contributed by atoms with Crippen LogP contribution in [0.5, 0.6) is 0 Å². The predicted octanol–water partition coefficient (Wildman–Crippen LogP) is 2.84. The number of benzene rings is 1. The molecule has 0 bridgehead atoms. The summed E-state index contributed by atoms with van der Waals surface area (Å²) in [7, 11) is 0. The molecule has 0 amide bonds. The molecular weight excluding hydrogens is 235 g/mol. The summed E-state index contributed by atoms with van der Waals surface area (Å²) < 4.78 is 12.8. The highest BCUT2D eigenvalue weighted by molar-refractivity contribution is 7.09. The van der Waals surface area contributed by atoms with Gasteiger partial charge in [-0.2, -0.15) is 0 Å². The van der Waals surface area contributed by atoms with Crippen molar-refractivity contribution in [2.24, 2.45) is 0 Å². The lowest BCUT2D eigenvalue weighted by Crippen LogP contribution is -2.29. The first kappa shape index (κ1) is 10.9. The number of halogens is 1. The van der Waals surface area contributed by atoms with Gasteiger partial charge in [-0.25, -0.2) is 9.37 Å². The van der Waals surface area contributed by atoms with E-state index in [1.165, 1.54) is 28.3 Å². The van der Waals surface area contributed by atoms with Crippen molar-refractivity contribution in [1.29, 1.82) is 0 Å². The van der Waals surface area contributed by atoms with Crippen LogP contribution in [0.4, 0.5) is 4.39 Å². The van der Waals surface area contributed by atoms with E-state index in [1.807, 2.05) is 17.6 Å². The molecule has 0 N–H and O–H groups in total. The van der Waals surface area contributed by atoms with Crippen LogP contribution in [-0.4, -0.2) is 16.4 Å². The Bertz CT molecular complexity index is 506. The molecule has 0 fully saturated rings. The minimum Gasteiger partial charge on any atom is -0.294 e. The van der Waals surface area contributed by atoms with Crippen LogP contribution in [0, 0.1) is 5.82 Å². The summed E-state index contributed by atoms with van der Waals surface area (Å²) in [5.41, 5.74) is 4.34. The Morgan fingerprint density at radius 3 is 2.94 bits per heavy atom. The topological polar surface area (TPSA) is 16.1 Å². The molecule has 1 aromatic heterocycles. The molecule has 4 heteroatoms. The first-order chi connectivity index (χ1) is 8.31. The van der Waals surface area contributed by atoms with Crippen molar-refractivity contribution in [3.05, 3.63) is 51.7 Å². The average Bonchev–Trinajstić information content (AvgIpc) is 2.79. The summed E-state index contributed by atoms with van der Waals surface area (Å²) >= 11 is 1.73. The van der Waals surface area contributed by atoms with Crippen molar-refractivity contribution in [2.75, 3.05) is 6.54 Å². The highest BCUT2D eigenvalue weighted by Gasteiger charge is 2.18. The lowest BCUT2D eigenvalue weighted by molar-refractivity contribution is 0.247. The zero-order chi connectivity index (χ0) is 11.7. The molecule has 0 aliphatic carbocycles. The van der Waals surface area contributed by atoms with Crippen LogP contribution >= 0.6 is 11.3 Å². The SMILES string of the molecule is Fc1ccc(CN2CCc3ncsc3C2)cc1. The maximum absolute atomic E-state index is 12.8. The Labute approximate surface area is 104 Å². The van der Waals surface area contributed by atoms with Crippen molar-refractivity contribution in [2.45, 2.75) is 19.5 Å². The van der Waals surface area contributed by atoms with Crippen LogP contribution in [0.15, 0.2) is 29.8 Å². The fourth-order valence-corrected chi connectivity index (χ4v) is 3.01. The van der Waals surface area contributed by atoms with Crippen LogP contribution in [-0.2, 0) is 19.5 Å². The van der Waals surface area contributed by atoms with E-state index >= 15 is 0 Å². The average molecular weight is 248 g/mol. The molecule has 0 spiro atoms. The highest BCUT2D eigenvalue weighted by atomic mass is 32.1. The standard InChI is InChI=1S/C13H13FN2S/c14-11-3-1-10(2-4-11)7-16-6-5-12-13(8-16)17-9-15-12/h1-4,9H,5-8H2. The third-order valence-corrected chi connectivity index (χ3v) is 3.94. The number of thiazole rings is 1. The summed E-state index contributed by atoms with van der Waals surface area (Å²) in [6.45, 7) is 2.89. The fourth-order valence-electron chi connectivity index (χ4n) is 2.16. The summed E-state index contributed by atoms with van der Waals surface area (Å²) in [6, 6.07) is 6.77. The van der Waals surface area contributed by atoms with Crippen molar-refractivity contribution in [1.82, 2.24) is 9.88 Å². The lowest BCUT2D eigenvalue weighted by Gasteiger charge is -2.25. The van der Waals surface area contributed by atoms with Gasteiger partial charge in [-0.1, -0.05) is 12.1 Å². The van der Waals surface area contributed by atoms with Gasteiger partial charge in [-0.05, 0) is 17.7 Å². The van der Waals surface area contributed by atoms with Gasteiger partial charge in [0.05, 0.1) is 11.2 Å². The van der Waals surface area contributed by atoms with Crippen LogP contribution in [0.1, 0.15) is 16.1 Å². The fraction of sp³-hybridized carbons (Fsp3) is 0.308. The van der Waals surface area contributed by atoms with E-state index in [0.29, 0.717) is 0 Å². The quantitative estimate of drug-likeness (QED) is 0.812. The number of fused-ring (bicyclic) bond motifs is 1. The molecule has 2 nitrogen and oxygen atoms in total. The normalized spacial score (nSPS) is 15.8. The van der Waals surface area contributed by atoms with Gasteiger partial charge < -0.3 is 0 Å². The first-order valence-electron chi connectivity index (χ1n) is 5.69. The molecule has 0 radical (unpaired) electrons. The number of nitrogens with zero attached hydrogens (tertiary/aromatic N) is 2. The van der Waals surface area contributed by atoms with Gasteiger partial charge in [0.25, 0.3) is 0 Å². The molecule has 3 rings (SSSR count). The first-order valence-corrected chi connectivity index (χ1v) is 6.57. The Morgan fingerprint density at radius 2 is 2.12 bits per heavy atom. The van der Waals surface area contributed by atoms with E-state index in [2.05, 4.69) is 9.88 Å². The molecule has 0 unspecified atom stereocenters. The minimum atomic E-state index is -0.169. The number of hydrogen-bond acceptors (Lipinski definition) is 3. The molecule has 1 aliphatic heterocycles. The van der Waals surface area contributed by atoms with E-state index in [0.717, 1.165) is 26.1 Å². The van der Waals surface area contributed by atoms with Gasteiger partial charge in [0, 0.05) is 30.9 Å². The Balaban J connectivity index is 1.69. The molecule has 0 saturated heterocycles. The monoisotopic (exact) mass is 248 g/mol. The van der Waals surface area contributed by atoms with Crippen LogP contribution in [0.25, 0.3) is 0 Å². The number of rotatable bonds is 2. The van der Waals surface area contributed by atoms with Crippen LogP contribution in [0.2, 0.25) is 0 Å². The number of hydrogen-bond donors (Lipinski definition) is 0. The maximum Gasteiger partial charge on any atom is 0.123 e. The summed E-state index contributed by atoms with van der Waals surface area (Å²) in [6.07, 6.45) is 1.03. The lowest BCUT2D eigenvalue weighted by atomic mass is 10.1. The smallest absolute Gasteiger partial charge is 0.123 e. The van der Waals surface area contributed by atoms with Gasteiger partial charge in [-0.3, -0.25) is 4.90 Å². The van der Waals surface area contributed by atoms with Crippen molar-refractivity contribution >= 4 is 11.3 Å². The predicted molar refractivity (Wildman–Crippen MR) is 66.3 cm³/mol. The molecule has 88 valence electrons. The second-order valence-electron chi connectivity index (χ2n) is 4.31. The molecule has 2 aromatic rings. The molecule has 0 saturated carbocycles. The van der Waals surface area contributed by atoms with Gasteiger partial charge >= 0.3 is 0 Å². The highest BCUT2D eigenvalue weighted by Crippen LogP contribution is 2.22. The second-order valence-corrected chi connectivity index (χ2v) is 5.25. The molecule has 1 aromatic carbocycles. The minimum absolute atomic E-state index is 0.169. The van der Waals surface area contributed by atoms with Crippen molar-refractivity contribution in [3.63, 3.8) is 0 Å². The van der Waals surface area contributed by atoms with E-state index in [-0.39, 0.29) is 5.82 Å². The molecule has 0 atom stereocenters.